The van der Waals surface area contributed by atoms with Crippen molar-refractivity contribution in [3.63, 3.8) is 0 Å². The van der Waals surface area contributed by atoms with Crippen molar-refractivity contribution in [2.45, 2.75) is 90.1 Å². The van der Waals surface area contributed by atoms with Gasteiger partial charge in [-0.15, -0.1) is 11.3 Å². The molecule has 6 rings (SSSR count). The Balaban J connectivity index is 0.919. The van der Waals surface area contributed by atoms with Crippen molar-refractivity contribution in [1.29, 1.82) is 0 Å². The number of fused-ring (bicyclic) bond motifs is 1. The number of aryl methyl sites for hydroxylation is 2. The van der Waals surface area contributed by atoms with Crippen molar-refractivity contribution < 1.29 is 27.5 Å². The Bertz CT molecular complexity index is 2190. The van der Waals surface area contributed by atoms with E-state index in [-0.39, 0.29) is 33.7 Å². The fraction of sp³-hybridized carbons (Fsp3) is 0.390. The Hall–Kier alpha value is -5.08. The molecule has 2 aromatic heterocycles. The van der Waals surface area contributed by atoms with Crippen molar-refractivity contribution in [2.75, 3.05) is 23.0 Å². The first-order chi connectivity index (χ1) is 26.1. The van der Waals surface area contributed by atoms with Crippen LogP contribution in [0.3, 0.4) is 0 Å². The molecule has 1 fully saturated rings. The van der Waals surface area contributed by atoms with Crippen LogP contribution < -0.4 is 20.7 Å². The number of ketones is 1. The number of carbonyl (C=O) groups is 3. The molecule has 3 N–H and O–H groups in total. The van der Waals surface area contributed by atoms with Crippen molar-refractivity contribution in [3.8, 4) is 5.75 Å². The molecule has 0 saturated carbocycles. The van der Waals surface area contributed by atoms with Gasteiger partial charge in [-0.2, -0.15) is 4.98 Å². The molecule has 1 unspecified atom stereocenters. The number of aromatic nitrogens is 2. The van der Waals surface area contributed by atoms with Gasteiger partial charge in [0.1, 0.15) is 23.4 Å². The van der Waals surface area contributed by atoms with E-state index in [1.807, 2.05) is 57.3 Å². The second-order valence-electron chi connectivity index (χ2n) is 15.3. The summed E-state index contributed by atoms with van der Waals surface area (Å²) < 4.78 is 31.8. The number of carbonyl (C=O) groups excluding carboxylic acids is 3. The molecule has 2 aliphatic heterocycles. The van der Waals surface area contributed by atoms with Crippen LogP contribution in [0.1, 0.15) is 85.7 Å². The normalized spacial score (nSPS) is 15.8. The number of nitrogens with zero attached hydrogens (tertiary/aromatic N) is 3. The quantitative estimate of drug-likeness (QED) is 0.0964. The fourth-order valence-electron chi connectivity index (χ4n) is 6.64. The molecule has 1 saturated heterocycles. The molecule has 0 bridgehead atoms. The number of piperidine rings is 1. The smallest absolute Gasteiger partial charge is 0.256 e. The number of unbranched alkanes of at least 4 members (excludes halogenated alkanes) is 1. The summed E-state index contributed by atoms with van der Waals surface area (Å²) in [6.07, 6.45) is 5.84. The number of ether oxygens (including phenoxy) is 1. The van der Waals surface area contributed by atoms with E-state index >= 15 is 0 Å². The molecule has 0 spiro atoms. The minimum absolute atomic E-state index is 0.0441. The number of thiophene rings is 1. The Morgan fingerprint density at radius 2 is 1.85 bits per heavy atom. The third-order valence-electron chi connectivity index (χ3n) is 9.41. The molecule has 4 aromatic rings. The standard InChI is InChI=1S/C41H48N6O6S2/c1-26-22-42-40(46-37(26)44-29-9-8-11-32(21-29)55(51,52)25-41(3,4)5)45-28-13-16-31(17-14-28)53-20-7-6-10-30(48)15-19-36-33-23-47(39(50)34(33)24-54-36)35-18-12-27(2)43-38(35)49/h8-9,11,13-14,16-17,21-22,24,35H,2,6-7,10,12,15,18-20,23,25H2,1,3-5H3,(H,43,49)(H2,42,44,45,46). The maximum atomic E-state index is 13.0. The van der Waals surface area contributed by atoms with Gasteiger partial charge in [0.2, 0.25) is 11.9 Å². The number of amides is 2. The number of anilines is 4. The van der Waals surface area contributed by atoms with E-state index in [0.29, 0.717) is 86.1 Å². The average molecular weight is 785 g/mol. The first-order valence-electron chi connectivity index (χ1n) is 18.5. The van der Waals surface area contributed by atoms with Crippen LogP contribution in [0, 0.1) is 12.3 Å². The van der Waals surface area contributed by atoms with E-state index in [4.69, 9.17) is 4.74 Å². The van der Waals surface area contributed by atoms with E-state index in [9.17, 15) is 22.8 Å². The van der Waals surface area contributed by atoms with Gasteiger partial charge in [0.05, 0.1) is 22.8 Å². The first kappa shape index (κ1) is 39.6. The minimum atomic E-state index is -3.45. The van der Waals surface area contributed by atoms with Gasteiger partial charge in [-0.1, -0.05) is 33.4 Å². The summed E-state index contributed by atoms with van der Waals surface area (Å²) in [7, 11) is -3.45. The number of Topliss-reactive ketones (excluding diaryl/α,β-unsaturated/α-hetero) is 1. The number of nitrogens with one attached hydrogen (secondary N) is 3. The van der Waals surface area contributed by atoms with Crippen LogP contribution in [0.25, 0.3) is 0 Å². The lowest BCUT2D eigenvalue weighted by Crippen LogP contribution is -2.49. The second-order valence-corrected chi connectivity index (χ2v) is 18.3. The Morgan fingerprint density at radius 1 is 1.07 bits per heavy atom. The fourth-order valence-corrected chi connectivity index (χ4v) is 9.57. The molecule has 2 aliphatic rings. The number of sulfone groups is 1. The zero-order chi connectivity index (χ0) is 39.3. The minimum Gasteiger partial charge on any atom is -0.494 e. The molecule has 4 heterocycles. The maximum absolute atomic E-state index is 13.0. The molecule has 0 aliphatic carbocycles. The van der Waals surface area contributed by atoms with Crippen LogP contribution in [0.15, 0.2) is 77.3 Å². The Kier molecular flexibility index (Phi) is 12.1. The average Bonchev–Trinajstić information content (AvgIpc) is 3.67. The number of allylic oxidation sites excluding steroid dienone is 1. The van der Waals surface area contributed by atoms with E-state index < -0.39 is 15.9 Å². The SMILES string of the molecule is C=C1CCC(N2Cc3c(csc3CCC(=O)CCCCOc3ccc(Nc4ncc(C)c(Nc5cccc(S(=O)(=O)CC(C)(C)C)c5)n4)cc3)C2=O)C(=O)N1. The van der Waals surface area contributed by atoms with Gasteiger partial charge in [-0.05, 0) is 92.5 Å². The number of benzene rings is 2. The monoisotopic (exact) mass is 784 g/mol. The van der Waals surface area contributed by atoms with Crippen LogP contribution >= 0.6 is 11.3 Å². The molecule has 1 atom stereocenters. The molecular formula is C41H48N6O6S2. The largest absolute Gasteiger partial charge is 0.494 e. The second kappa shape index (κ2) is 16.7. The molecule has 0 radical (unpaired) electrons. The van der Waals surface area contributed by atoms with Crippen molar-refractivity contribution in [2.24, 2.45) is 5.41 Å². The lowest BCUT2D eigenvalue weighted by molar-refractivity contribution is -0.126. The van der Waals surface area contributed by atoms with E-state index in [1.165, 1.54) is 11.3 Å². The van der Waals surface area contributed by atoms with Crippen LogP contribution in [0.5, 0.6) is 5.75 Å². The zero-order valence-corrected chi connectivity index (χ0v) is 33.4. The predicted molar refractivity (Wildman–Crippen MR) is 215 cm³/mol. The van der Waals surface area contributed by atoms with Gasteiger partial charge in [-0.3, -0.25) is 14.4 Å². The topological polar surface area (TPSA) is 160 Å². The highest BCUT2D eigenvalue weighted by atomic mass is 32.2. The summed E-state index contributed by atoms with van der Waals surface area (Å²) >= 11 is 1.52. The molecule has 14 heteroatoms. The van der Waals surface area contributed by atoms with Crippen LogP contribution in [0.2, 0.25) is 0 Å². The highest BCUT2D eigenvalue weighted by Crippen LogP contribution is 2.35. The highest BCUT2D eigenvalue weighted by molar-refractivity contribution is 7.91. The molecule has 2 aromatic carbocycles. The van der Waals surface area contributed by atoms with Crippen LogP contribution in [-0.4, -0.2) is 59.3 Å². The van der Waals surface area contributed by atoms with Gasteiger partial charge in [0.15, 0.2) is 9.84 Å². The summed E-state index contributed by atoms with van der Waals surface area (Å²) in [6.45, 7) is 12.3. The Morgan fingerprint density at radius 3 is 2.60 bits per heavy atom. The van der Waals surface area contributed by atoms with Crippen LogP contribution in [0.4, 0.5) is 23.1 Å². The van der Waals surface area contributed by atoms with Crippen molar-refractivity contribution >= 4 is 61.9 Å². The lowest BCUT2D eigenvalue weighted by atomic mass is 10.0. The summed E-state index contributed by atoms with van der Waals surface area (Å²) in [6, 6.07) is 13.7. The lowest BCUT2D eigenvalue weighted by Gasteiger charge is -2.31. The van der Waals surface area contributed by atoms with Gasteiger partial charge in [0.25, 0.3) is 5.91 Å². The summed E-state index contributed by atoms with van der Waals surface area (Å²) in [5, 5.41) is 11.1. The molecule has 12 nitrogen and oxygen atoms in total. The summed E-state index contributed by atoms with van der Waals surface area (Å²) in [5.74, 6) is 1.56. The molecule has 2 amide bonds. The zero-order valence-electron chi connectivity index (χ0n) is 31.7. The molecule has 290 valence electrons. The third-order valence-corrected chi connectivity index (χ3v) is 12.7. The van der Waals surface area contributed by atoms with Gasteiger partial charge < -0.3 is 25.6 Å². The summed E-state index contributed by atoms with van der Waals surface area (Å²) in [5.41, 5.74) is 4.10. The van der Waals surface area contributed by atoms with Crippen molar-refractivity contribution in [1.82, 2.24) is 20.2 Å². The van der Waals surface area contributed by atoms with E-state index in [2.05, 4.69) is 32.5 Å². The van der Waals surface area contributed by atoms with Gasteiger partial charge in [-0.25, -0.2) is 13.4 Å². The first-order valence-corrected chi connectivity index (χ1v) is 21.0. The van der Waals surface area contributed by atoms with Gasteiger partial charge >= 0.3 is 0 Å². The van der Waals surface area contributed by atoms with Crippen molar-refractivity contribution in [3.05, 3.63) is 94.0 Å². The number of hydrogen-bond acceptors (Lipinski definition) is 11. The predicted octanol–water partition coefficient (Wildman–Crippen LogP) is 7.65. The van der Waals surface area contributed by atoms with Crippen LogP contribution in [-0.2, 0) is 32.4 Å². The Labute approximate surface area is 326 Å². The third kappa shape index (κ3) is 10.2. The van der Waals surface area contributed by atoms with E-state index in [1.54, 1.807) is 35.4 Å². The number of hydrogen-bond donors (Lipinski definition) is 3. The van der Waals surface area contributed by atoms with E-state index in [0.717, 1.165) is 28.1 Å². The highest BCUT2D eigenvalue weighted by Gasteiger charge is 2.39. The maximum Gasteiger partial charge on any atom is 0.256 e. The van der Waals surface area contributed by atoms with Gasteiger partial charge in [0, 0.05) is 58.5 Å². The summed E-state index contributed by atoms with van der Waals surface area (Å²) in [4.78, 5) is 50.2. The molecular weight excluding hydrogens is 737 g/mol. The number of rotatable bonds is 16. The molecule has 55 heavy (non-hydrogen) atoms.